The molecule has 0 atom stereocenters. The third-order valence-electron chi connectivity index (χ3n) is 5.56. The summed E-state index contributed by atoms with van der Waals surface area (Å²) in [6.45, 7) is 2.94. The number of aromatic nitrogens is 2. The lowest BCUT2D eigenvalue weighted by atomic mass is 9.97. The van der Waals surface area contributed by atoms with Crippen molar-refractivity contribution in [3.63, 3.8) is 0 Å². The van der Waals surface area contributed by atoms with Gasteiger partial charge in [-0.3, -0.25) is 0 Å². The number of imidazole rings is 1. The van der Waals surface area contributed by atoms with Crippen molar-refractivity contribution >= 4 is 0 Å². The van der Waals surface area contributed by atoms with Gasteiger partial charge >= 0.3 is 6.61 Å². The molecule has 0 aliphatic carbocycles. The first-order chi connectivity index (χ1) is 13.6. The van der Waals surface area contributed by atoms with Crippen LogP contribution in [0.1, 0.15) is 31.0 Å². The summed E-state index contributed by atoms with van der Waals surface area (Å²) < 4.78 is 45.3. The molecule has 0 radical (unpaired) electrons. The molecule has 28 heavy (non-hydrogen) atoms. The van der Waals surface area contributed by atoms with Crippen LogP contribution in [0.25, 0.3) is 11.3 Å². The van der Waals surface area contributed by atoms with Crippen LogP contribution < -0.4 is 10.1 Å². The van der Waals surface area contributed by atoms with Crippen LogP contribution >= 0.6 is 0 Å². The van der Waals surface area contributed by atoms with Crippen LogP contribution in [0.3, 0.4) is 0 Å². The fourth-order valence-electron chi connectivity index (χ4n) is 3.86. The highest BCUT2D eigenvalue weighted by molar-refractivity contribution is 5.61. The van der Waals surface area contributed by atoms with E-state index in [4.69, 9.17) is 4.98 Å². The van der Waals surface area contributed by atoms with Crippen molar-refractivity contribution in [2.45, 2.75) is 38.3 Å². The van der Waals surface area contributed by atoms with Crippen molar-refractivity contribution in [1.82, 2.24) is 19.8 Å². The highest BCUT2D eigenvalue weighted by Crippen LogP contribution is 2.31. The zero-order chi connectivity index (χ0) is 19.5. The molecule has 5 nitrogen and oxygen atoms in total. The number of benzene rings is 1. The molecule has 8 heteroatoms. The number of ether oxygens (including phenoxy) is 1. The summed E-state index contributed by atoms with van der Waals surface area (Å²) in [6, 6.07) is 4.01. The molecular weight excluding hydrogens is 369 g/mol. The second kappa shape index (κ2) is 8.53. The summed E-state index contributed by atoms with van der Waals surface area (Å²) in [5.41, 5.74) is 1.24. The van der Waals surface area contributed by atoms with E-state index in [1.807, 2.05) is 6.20 Å². The van der Waals surface area contributed by atoms with Gasteiger partial charge in [-0.1, -0.05) is 0 Å². The van der Waals surface area contributed by atoms with Crippen LogP contribution in [-0.4, -0.2) is 53.8 Å². The van der Waals surface area contributed by atoms with Gasteiger partial charge in [-0.15, -0.1) is 0 Å². The molecule has 2 saturated heterocycles. The Hall–Kier alpha value is -2.06. The van der Waals surface area contributed by atoms with Crippen LogP contribution in [0.15, 0.2) is 24.4 Å². The van der Waals surface area contributed by atoms with Gasteiger partial charge in [0.1, 0.15) is 5.82 Å². The molecule has 0 saturated carbocycles. The summed E-state index contributed by atoms with van der Waals surface area (Å²) in [4.78, 5) is 7.23. The first-order valence-electron chi connectivity index (χ1n) is 9.85. The first-order valence-corrected chi connectivity index (χ1v) is 9.85. The lowest BCUT2D eigenvalue weighted by molar-refractivity contribution is -0.0521. The topological polar surface area (TPSA) is 42.3 Å². The second-order valence-electron chi connectivity index (χ2n) is 7.42. The molecule has 0 unspecified atom stereocenters. The number of piperidine rings is 1. The number of likely N-dealkylation sites (tertiary alicyclic amines) is 1. The maximum atomic E-state index is 13.8. The quantitative estimate of drug-likeness (QED) is 0.781. The largest absolute Gasteiger partial charge is 0.432 e. The van der Waals surface area contributed by atoms with Gasteiger partial charge in [0.25, 0.3) is 0 Å². The van der Waals surface area contributed by atoms with E-state index in [1.165, 1.54) is 12.5 Å². The Bertz CT molecular complexity index is 801. The van der Waals surface area contributed by atoms with Crippen molar-refractivity contribution in [3.8, 4) is 17.0 Å². The summed E-state index contributed by atoms with van der Waals surface area (Å²) in [5.74, 6) is 0.132. The number of nitrogens with zero attached hydrogens (tertiary/aromatic N) is 3. The predicted octanol–water partition coefficient (Wildman–Crippen LogP) is 3.46. The minimum Gasteiger partial charge on any atom is -0.432 e. The maximum absolute atomic E-state index is 13.8. The van der Waals surface area contributed by atoms with E-state index in [9.17, 15) is 13.2 Å². The predicted molar refractivity (Wildman–Crippen MR) is 100 cm³/mol. The fourth-order valence-corrected chi connectivity index (χ4v) is 3.86. The number of hydrogen-bond acceptors (Lipinski definition) is 4. The zero-order valence-corrected chi connectivity index (χ0v) is 15.7. The SMILES string of the molecule is Fc1ccc(-c2cn(CCN3CCC3)c(C3CCNCC3)n2)cc1OC(F)F. The Kier molecular flexibility index (Phi) is 5.87. The van der Waals surface area contributed by atoms with Gasteiger partial charge in [0.15, 0.2) is 11.6 Å². The highest BCUT2D eigenvalue weighted by atomic mass is 19.3. The first kappa shape index (κ1) is 19.3. The number of hydrogen-bond donors (Lipinski definition) is 1. The molecule has 1 aromatic carbocycles. The average Bonchev–Trinajstić information content (AvgIpc) is 3.07. The second-order valence-corrected chi connectivity index (χ2v) is 7.42. The van der Waals surface area contributed by atoms with E-state index < -0.39 is 18.2 Å². The Morgan fingerprint density at radius 1 is 1.18 bits per heavy atom. The Morgan fingerprint density at radius 3 is 2.64 bits per heavy atom. The summed E-state index contributed by atoms with van der Waals surface area (Å²) in [7, 11) is 0. The molecule has 2 aliphatic rings. The van der Waals surface area contributed by atoms with Gasteiger partial charge in [0.2, 0.25) is 0 Å². The van der Waals surface area contributed by atoms with Crippen molar-refractivity contribution in [2.75, 3.05) is 32.7 Å². The van der Waals surface area contributed by atoms with E-state index in [0.29, 0.717) is 17.2 Å². The minimum absolute atomic E-state index is 0.364. The van der Waals surface area contributed by atoms with E-state index in [2.05, 4.69) is 19.5 Å². The number of rotatable bonds is 7. The summed E-state index contributed by atoms with van der Waals surface area (Å²) in [6.07, 6.45) is 5.24. The summed E-state index contributed by atoms with van der Waals surface area (Å²) in [5, 5.41) is 3.37. The highest BCUT2D eigenvalue weighted by Gasteiger charge is 2.23. The molecule has 3 heterocycles. The van der Waals surface area contributed by atoms with Gasteiger partial charge < -0.3 is 19.5 Å². The molecule has 2 fully saturated rings. The van der Waals surface area contributed by atoms with Crippen LogP contribution in [0.5, 0.6) is 5.75 Å². The Morgan fingerprint density at radius 2 is 1.96 bits per heavy atom. The van der Waals surface area contributed by atoms with E-state index >= 15 is 0 Å². The number of nitrogens with one attached hydrogen (secondary N) is 1. The summed E-state index contributed by atoms with van der Waals surface area (Å²) >= 11 is 0. The molecule has 4 rings (SSSR count). The minimum atomic E-state index is -3.07. The number of alkyl halides is 2. The number of halogens is 3. The molecule has 0 bridgehead atoms. The van der Waals surface area contributed by atoms with E-state index in [1.54, 1.807) is 6.07 Å². The molecular formula is C20H25F3N4O. The van der Waals surface area contributed by atoms with E-state index in [-0.39, 0.29) is 0 Å². The normalized spacial score (nSPS) is 18.4. The van der Waals surface area contributed by atoms with Crippen LogP contribution in [0.4, 0.5) is 13.2 Å². The van der Waals surface area contributed by atoms with Crippen LogP contribution in [-0.2, 0) is 6.54 Å². The molecule has 1 N–H and O–H groups in total. The van der Waals surface area contributed by atoms with Gasteiger partial charge in [-0.05, 0) is 63.6 Å². The van der Waals surface area contributed by atoms with Gasteiger partial charge in [-0.2, -0.15) is 8.78 Å². The van der Waals surface area contributed by atoms with Crippen molar-refractivity contribution in [1.29, 1.82) is 0 Å². The van der Waals surface area contributed by atoms with Crippen LogP contribution in [0.2, 0.25) is 0 Å². The monoisotopic (exact) mass is 394 g/mol. The molecule has 2 aliphatic heterocycles. The van der Waals surface area contributed by atoms with Crippen molar-refractivity contribution < 1.29 is 17.9 Å². The van der Waals surface area contributed by atoms with E-state index in [0.717, 1.165) is 64.0 Å². The smallest absolute Gasteiger partial charge is 0.387 e. The van der Waals surface area contributed by atoms with Crippen molar-refractivity contribution in [3.05, 3.63) is 36.0 Å². The Labute approximate surface area is 162 Å². The third kappa shape index (κ3) is 4.33. The third-order valence-corrected chi connectivity index (χ3v) is 5.56. The van der Waals surface area contributed by atoms with Gasteiger partial charge in [-0.25, -0.2) is 9.37 Å². The van der Waals surface area contributed by atoms with Crippen molar-refractivity contribution in [2.24, 2.45) is 0 Å². The maximum Gasteiger partial charge on any atom is 0.387 e. The molecule has 1 aromatic heterocycles. The van der Waals surface area contributed by atoms with Gasteiger partial charge in [0, 0.05) is 30.8 Å². The fraction of sp³-hybridized carbons (Fsp3) is 0.550. The molecule has 0 spiro atoms. The molecule has 2 aromatic rings. The zero-order valence-electron chi connectivity index (χ0n) is 15.7. The standard InChI is InChI=1S/C20H25F3N4O/c21-16-3-2-15(12-18(16)28-20(22)23)17-13-27(11-10-26-8-1-9-26)19(25-17)14-4-6-24-7-5-14/h2-3,12-14,20,24H,1,4-11H2. The molecule has 0 amide bonds. The molecule has 152 valence electrons. The lowest BCUT2D eigenvalue weighted by Gasteiger charge is -2.31. The Balaban J connectivity index is 1.61. The average molecular weight is 394 g/mol. The van der Waals surface area contributed by atoms with Crippen LogP contribution in [0, 0.1) is 5.82 Å². The lowest BCUT2D eigenvalue weighted by Crippen LogP contribution is -2.39. The van der Waals surface area contributed by atoms with Gasteiger partial charge in [0.05, 0.1) is 5.69 Å².